The van der Waals surface area contributed by atoms with E-state index in [1.807, 2.05) is 19.1 Å². The first-order valence-electron chi connectivity index (χ1n) is 4.92. The normalized spacial score (nSPS) is 12.0. The van der Waals surface area contributed by atoms with Gasteiger partial charge in [-0.2, -0.15) is 0 Å². The maximum atomic E-state index is 8.82. The lowest BCUT2D eigenvalue weighted by molar-refractivity contribution is 0.252. The molecule has 92 valence electrons. The van der Waals surface area contributed by atoms with E-state index in [-0.39, 0.29) is 25.1 Å². The quantitative estimate of drug-likeness (QED) is 0.871. The molecular formula is C11H16Cl3NO. The van der Waals surface area contributed by atoms with Crippen LogP contribution in [0.2, 0.25) is 10.0 Å². The van der Waals surface area contributed by atoms with E-state index in [0.29, 0.717) is 10.0 Å². The molecule has 1 aromatic rings. The molecule has 0 aromatic heterocycles. The molecule has 2 N–H and O–H groups in total. The molecule has 0 heterocycles. The number of aliphatic hydroxyl groups is 1. The fourth-order valence-corrected chi connectivity index (χ4v) is 1.67. The minimum absolute atomic E-state index is 0. The third kappa shape index (κ3) is 4.89. The molecule has 0 saturated carbocycles. The molecule has 1 aromatic carbocycles. The summed E-state index contributed by atoms with van der Waals surface area (Å²) in [6.07, 6.45) is 0.809. The lowest BCUT2D eigenvalue weighted by Crippen LogP contribution is -2.31. The number of aliphatic hydroxyl groups excluding tert-OH is 1. The lowest BCUT2D eigenvalue weighted by atomic mass is 10.1. The minimum Gasteiger partial charge on any atom is -0.395 e. The van der Waals surface area contributed by atoms with E-state index in [2.05, 4.69) is 5.32 Å². The Morgan fingerprint density at radius 3 is 2.69 bits per heavy atom. The van der Waals surface area contributed by atoms with Crippen LogP contribution < -0.4 is 5.32 Å². The summed E-state index contributed by atoms with van der Waals surface area (Å²) in [6, 6.07) is 5.73. The maximum Gasteiger partial charge on any atom is 0.0624 e. The third-order valence-corrected chi connectivity index (χ3v) is 3.05. The molecule has 0 amide bonds. The van der Waals surface area contributed by atoms with Crippen LogP contribution in [0.4, 0.5) is 0 Å². The standard InChI is InChI=1S/C11H15Cl2NO.ClH/c1-8(7-15)14-6-5-9-3-2-4-10(12)11(9)13;/h2-4,8,14-15H,5-7H2,1H3;1H/t8-;/m0./s1. The van der Waals surface area contributed by atoms with E-state index in [4.69, 9.17) is 28.3 Å². The zero-order chi connectivity index (χ0) is 11.3. The van der Waals surface area contributed by atoms with Gasteiger partial charge in [0.1, 0.15) is 0 Å². The third-order valence-electron chi connectivity index (χ3n) is 2.19. The van der Waals surface area contributed by atoms with Gasteiger partial charge < -0.3 is 10.4 Å². The summed E-state index contributed by atoms with van der Waals surface area (Å²) >= 11 is 11.9. The van der Waals surface area contributed by atoms with Gasteiger partial charge in [-0.05, 0) is 31.5 Å². The van der Waals surface area contributed by atoms with Gasteiger partial charge in [0.05, 0.1) is 16.7 Å². The van der Waals surface area contributed by atoms with E-state index in [9.17, 15) is 0 Å². The van der Waals surface area contributed by atoms with Crippen molar-refractivity contribution in [3.05, 3.63) is 33.8 Å². The summed E-state index contributed by atoms with van der Waals surface area (Å²) in [7, 11) is 0. The predicted molar refractivity (Wildman–Crippen MR) is 72.0 cm³/mol. The van der Waals surface area contributed by atoms with Gasteiger partial charge >= 0.3 is 0 Å². The van der Waals surface area contributed by atoms with E-state index >= 15 is 0 Å². The van der Waals surface area contributed by atoms with Gasteiger partial charge in [-0.1, -0.05) is 35.3 Å². The summed E-state index contributed by atoms with van der Waals surface area (Å²) in [5, 5.41) is 13.2. The zero-order valence-corrected chi connectivity index (χ0v) is 11.4. The van der Waals surface area contributed by atoms with Crippen LogP contribution >= 0.6 is 35.6 Å². The van der Waals surface area contributed by atoms with E-state index in [1.54, 1.807) is 6.07 Å². The Balaban J connectivity index is 0.00000225. The monoisotopic (exact) mass is 283 g/mol. The summed E-state index contributed by atoms with van der Waals surface area (Å²) < 4.78 is 0. The topological polar surface area (TPSA) is 32.3 Å². The molecule has 0 fully saturated rings. The molecule has 0 aliphatic carbocycles. The van der Waals surface area contributed by atoms with E-state index in [1.165, 1.54) is 0 Å². The van der Waals surface area contributed by atoms with E-state index < -0.39 is 0 Å². The number of nitrogens with one attached hydrogen (secondary N) is 1. The van der Waals surface area contributed by atoms with Crippen LogP contribution in [0.25, 0.3) is 0 Å². The average molecular weight is 285 g/mol. The van der Waals surface area contributed by atoms with Crippen LogP contribution in [0.3, 0.4) is 0 Å². The number of benzene rings is 1. The molecule has 1 atom stereocenters. The smallest absolute Gasteiger partial charge is 0.0624 e. The molecule has 0 aliphatic heterocycles. The van der Waals surface area contributed by atoms with Gasteiger partial charge in [0.15, 0.2) is 0 Å². The summed E-state index contributed by atoms with van der Waals surface area (Å²) in [6.45, 7) is 2.85. The zero-order valence-electron chi connectivity index (χ0n) is 9.04. The van der Waals surface area contributed by atoms with Crippen molar-refractivity contribution < 1.29 is 5.11 Å². The summed E-state index contributed by atoms with van der Waals surface area (Å²) in [5.74, 6) is 0. The van der Waals surface area contributed by atoms with Gasteiger partial charge in [-0.25, -0.2) is 0 Å². The predicted octanol–water partition coefficient (Wildman–Crippen LogP) is 2.93. The molecule has 0 bridgehead atoms. The van der Waals surface area contributed by atoms with Crippen LogP contribution in [0.5, 0.6) is 0 Å². The average Bonchev–Trinajstić information content (AvgIpc) is 2.24. The Morgan fingerprint density at radius 2 is 2.06 bits per heavy atom. The summed E-state index contributed by atoms with van der Waals surface area (Å²) in [5.41, 5.74) is 1.03. The van der Waals surface area contributed by atoms with Gasteiger partial charge in [0.25, 0.3) is 0 Å². The SMILES string of the molecule is C[C@@H](CO)NCCc1cccc(Cl)c1Cl.Cl. The highest BCUT2D eigenvalue weighted by atomic mass is 35.5. The van der Waals surface area contributed by atoms with E-state index in [0.717, 1.165) is 18.5 Å². The van der Waals surface area contributed by atoms with Crippen LogP contribution in [-0.4, -0.2) is 24.3 Å². The molecule has 2 nitrogen and oxygen atoms in total. The van der Waals surface area contributed by atoms with Crippen molar-refractivity contribution in [1.82, 2.24) is 5.32 Å². The Kier molecular flexibility index (Phi) is 8.16. The highest BCUT2D eigenvalue weighted by molar-refractivity contribution is 6.42. The van der Waals surface area contributed by atoms with Crippen molar-refractivity contribution >= 4 is 35.6 Å². The number of hydrogen-bond donors (Lipinski definition) is 2. The van der Waals surface area contributed by atoms with Gasteiger partial charge in [-0.15, -0.1) is 12.4 Å². The van der Waals surface area contributed by atoms with Gasteiger partial charge in [-0.3, -0.25) is 0 Å². The van der Waals surface area contributed by atoms with Crippen LogP contribution in [-0.2, 0) is 6.42 Å². The van der Waals surface area contributed by atoms with Crippen molar-refractivity contribution in [2.24, 2.45) is 0 Å². The second-order valence-corrected chi connectivity index (χ2v) is 4.29. The highest BCUT2D eigenvalue weighted by Crippen LogP contribution is 2.25. The number of hydrogen-bond acceptors (Lipinski definition) is 2. The molecular weight excluding hydrogens is 268 g/mol. The van der Waals surface area contributed by atoms with Crippen molar-refractivity contribution in [1.29, 1.82) is 0 Å². The molecule has 1 rings (SSSR count). The van der Waals surface area contributed by atoms with Crippen molar-refractivity contribution in [2.75, 3.05) is 13.2 Å². The first kappa shape index (κ1) is 16.0. The maximum absolute atomic E-state index is 8.82. The fraction of sp³-hybridized carbons (Fsp3) is 0.455. The number of rotatable bonds is 5. The summed E-state index contributed by atoms with van der Waals surface area (Å²) in [4.78, 5) is 0. The molecule has 0 spiro atoms. The molecule has 0 saturated heterocycles. The Bertz CT molecular complexity index is 320. The van der Waals surface area contributed by atoms with Crippen LogP contribution in [0, 0.1) is 0 Å². The molecule has 0 aliphatic rings. The first-order valence-corrected chi connectivity index (χ1v) is 5.68. The second kappa shape index (κ2) is 8.15. The fourth-order valence-electron chi connectivity index (χ4n) is 1.26. The molecule has 5 heteroatoms. The van der Waals surface area contributed by atoms with Crippen molar-refractivity contribution in [3.8, 4) is 0 Å². The van der Waals surface area contributed by atoms with Crippen molar-refractivity contribution in [3.63, 3.8) is 0 Å². The Labute approximate surface area is 112 Å². The number of halogens is 3. The van der Waals surface area contributed by atoms with Gasteiger partial charge in [0, 0.05) is 6.04 Å². The molecule has 0 radical (unpaired) electrons. The van der Waals surface area contributed by atoms with Gasteiger partial charge in [0.2, 0.25) is 0 Å². The van der Waals surface area contributed by atoms with Crippen LogP contribution in [0.15, 0.2) is 18.2 Å². The second-order valence-electron chi connectivity index (χ2n) is 3.50. The first-order chi connectivity index (χ1) is 7.15. The molecule has 16 heavy (non-hydrogen) atoms. The lowest BCUT2D eigenvalue weighted by Gasteiger charge is -2.11. The highest BCUT2D eigenvalue weighted by Gasteiger charge is 2.04. The largest absolute Gasteiger partial charge is 0.395 e. The van der Waals surface area contributed by atoms with Crippen molar-refractivity contribution in [2.45, 2.75) is 19.4 Å². The Morgan fingerprint density at radius 1 is 1.38 bits per heavy atom. The Hall–Kier alpha value is 0.01000. The minimum atomic E-state index is 0. The molecule has 0 unspecified atom stereocenters. The van der Waals surface area contributed by atoms with Crippen LogP contribution in [0.1, 0.15) is 12.5 Å².